The number of allylic oxidation sites excluding steroid dienone is 4. The van der Waals surface area contributed by atoms with Gasteiger partial charge in [0.2, 0.25) is 0 Å². The Balaban J connectivity index is 1.96. The van der Waals surface area contributed by atoms with Crippen molar-refractivity contribution in [1.29, 1.82) is 0 Å². The number of carboxylic acids is 1. The van der Waals surface area contributed by atoms with Gasteiger partial charge in [-0.2, -0.15) is 0 Å². The molecule has 2 rings (SSSR count). The molecule has 0 radical (unpaired) electrons. The summed E-state index contributed by atoms with van der Waals surface area (Å²) < 4.78 is 5.23. The molecule has 3 N–H and O–H groups in total. The number of hydrogen-bond donors (Lipinski definition) is 3. The second-order valence-electron chi connectivity index (χ2n) is 5.73. The van der Waals surface area contributed by atoms with E-state index in [0.29, 0.717) is 12.0 Å². The van der Waals surface area contributed by atoms with Crippen molar-refractivity contribution in [2.45, 2.75) is 37.4 Å². The number of aliphatic hydroxyl groups is 1. The number of carbonyl (C=O) groups is 3. The highest BCUT2D eigenvalue weighted by molar-refractivity contribution is 6.02. The number of ether oxygens (including phenoxy) is 1. The number of aliphatic carboxylic acids is 1. The molecule has 2 aliphatic rings. The summed E-state index contributed by atoms with van der Waals surface area (Å²) in [4.78, 5) is 34.4. The van der Waals surface area contributed by atoms with Crippen LogP contribution in [-0.2, 0) is 14.3 Å². The van der Waals surface area contributed by atoms with Crippen LogP contribution >= 0.6 is 0 Å². The lowest BCUT2D eigenvalue weighted by molar-refractivity contribution is -0.160. The van der Waals surface area contributed by atoms with Gasteiger partial charge in [-0.15, -0.1) is 0 Å². The van der Waals surface area contributed by atoms with Crippen LogP contribution in [0.25, 0.3) is 0 Å². The van der Waals surface area contributed by atoms with E-state index >= 15 is 0 Å². The molecule has 0 spiro atoms. The molecule has 0 aliphatic heterocycles. The molecule has 0 saturated heterocycles. The standard InChI is InChI=1S/C17H19NO6/c1-11-5-6-12(19)10-14(11)18-16(22)24-13-4-2-3-8-17(23,9-7-13)15(20)21/h2,4-6,10,13,23H,1,3,7-9H2,(H,18,22)(H,20,21)/b4-2+/t13-,17-/m1/s1. The number of hydrogen-bond acceptors (Lipinski definition) is 5. The molecular weight excluding hydrogens is 314 g/mol. The Bertz CT molecular complexity index is 660. The molecule has 0 saturated carbocycles. The van der Waals surface area contributed by atoms with E-state index in [0.717, 1.165) is 0 Å². The third-order valence-electron chi connectivity index (χ3n) is 3.89. The highest BCUT2D eigenvalue weighted by Gasteiger charge is 2.36. The van der Waals surface area contributed by atoms with Crippen molar-refractivity contribution < 1.29 is 29.3 Å². The number of amides is 1. The molecule has 7 heteroatoms. The zero-order valence-electron chi connectivity index (χ0n) is 13.0. The van der Waals surface area contributed by atoms with Crippen LogP contribution in [0.4, 0.5) is 4.79 Å². The first kappa shape index (κ1) is 17.7. The van der Waals surface area contributed by atoms with Gasteiger partial charge in [0, 0.05) is 6.08 Å². The van der Waals surface area contributed by atoms with Gasteiger partial charge in [-0.1, -0.05) is 12.7 Å². The third kappa shape index (κ3) is 4.42. The number of ketones is 1. The van der Waals surface area contributed by atoms with E-state index in [1.54, 1.807) is 12.2 Å². The molecule has 128 valence electrons. The minimum absolute atomic E-state index is 0.0265. The van der Waals surface area contributed by atoms with Crippen LogP contribution in [0.3, 0.4) is 0 Å². The smallest absolute Gasteiger partial charge is 0.412 e. The fraction of sp³-hybridized carbons (Fsp3) is 0.353. The number of rotatable bonds is 3. The van der Waals surface area contributed by atoms with Gasteiger partial charge in [-0.25, -0.2) is 9.59 Å². The Morgan fingerprint density at radius 3 is 2.79 bits per heavy atom. The SMILES string of the molecule is C=C1C=CC(=O)C=C1NC(=O)O[C@@H]1/C=C/CC[C@](O)(C(=O)O)CC1. The van der Waals surface area contributed by atoms with Gasteiger partial charge >= 0.3 is 12.1 Å². The first-order chi connectivity index (χ1) is 11.3. The number of carbonyl (C=O) groups excluding carboxylic acids is 2. The Morgan fingerprint density at radius 1 is 1.33 bits per heavy atom. The molecule has 0 unspecified atom stereocenters. The highest BCUT2D eigenvalue weighted by Crippen LogP contribution is 2.25. The van der Waals surface area contributed by atoms with E-state index in [2.05, 4.69) is 11.9 Å². The van der Waals surface area contributed by atoms with Gasteiger partial charge in [0.25, 0.3) is 0 Å². The molecule has 0 aromatic carbocycles. The van der Waals surface area contributed by atoms with Crippen LogP contribution in [0.5, 0.6) is 0 Å². The fourth-order valence-electron chi connectivity index (χ4n) is 2.43. The summed E-state index contributed by atoms with van der Waals surface area (Å²) in [7, 11) is 0. The summed E-state index contributed by atoms with van der Waals surface area (Å²) in [6.45, 7) is 3.71. The Morgan fingerprint density at radius 2 is 2.08 bits per heavy atom. The van der Waals surface area contributed by atoms with Gasteiger partial charge in [0.05, 0.1) is 5.70 Å². The highest BCUT2D eigenvalue weighted by atomic mass is 16.6. The molecule has 0 heterocycles. The number of carboxylic acid groups (broad SMARTS) is 1. The van der Waals surface area contributed by atoms with Gasteiger partial charge in [0.15, 0.2) is 11.4 Å². The lowest BCUT2D eigenvalue weighted by Crippen LogP contribution is -2.40. The molecule has 0 bridgehead atoms. The van der Waals surface area contributed by atoms with E-state index in [-0.39, 0.29) is 30.7 Å². The average molecular weight is 333 g/mol. The van der Waals surface area contributed by atoms with Gasteiger partial charge in [-0.3, -0.25) is 10.1 Å². The maximum absolute atomic E-state index is 12.0. The summed E-state index contributed by atoms with van der Waals surface area (Å²) in [6, 6.07) is 0. The Labute approximate surface area is 139 Å². The van der Waals surface area contributed by atoms with Crippen molar-refractivity contribution in [1.82, 2.24) is 5.32 Å². The van der Waals surface area contributed by atoms with Crippen LogP contribution < -0.4 is 5.32 Å². The van der Waals surface area contributed by atoms with Crippen molar-refractivity contribution in [2.24, 2.45) is 0 Å². The predicted octanol–water partition coefficient (Wildman–Crippen LogP) is 1.61. The normalized spacial score (nSPS) is 28.4. The van der Waals surface area contributed by atoms with Crippen LogP contribution in [0, 0.1) is 0 Å². The van der Waals surface area contributed by atoms with E-state index < -0.39 is 23.8 Å². The molecule has 0 aromatic rings. The largest absolute Gasteiger partial charge is 0.479 e. The maximum Gasteiger partial charge on any atom is 0.412 e. The van der Waals surface area contributed by atoms with Crippen molar-refractivity contribution in [2.75, 3.05) is 0 Å². The third-order valence-corrected chi connectivity index (χ3v) is 3.89. The predicted molar refractivity (Wildman–Crippen MR) is 85.0 cm³/mol. The molecular formula is C17H19NO6. The van der Waals surface area contributed by atoms with Crippen molar-refractivity contribution in [3.05, 3.63) is 48.2 Å². The zero-order valence-corrected chi connectivity index (χ0v) is 13.0. The molecule has 7 nitrogen and oxygen atoms in total. The minimum atomic E-state index is -1.82. The zero-order chi connectivity index (χ0) is 17.7. The summed E-state index contributed by atoms with van der Waals surface area (Å²) >= 11 is 0. The molecule has 2 aliphatic carbocycles. The quantitative estimate of drug-likeness (QED) is 0.676. The van der Waals surface area contributed by atoms with Crippen LogP contribution in [-0.4, -0.2) is 39.8 Å². The topological polar surface area (TPSA) is 113 Å². The second kappa shape index (κ2) is 7.27. The minimum Gasteiger partial charge on any atom is -0.479 e. The molecule has 0 fully saturated rings. The Hall–Kier alpha value is -2.67. The first-order valence-corrected chi connectivity index (χ1v) is 7.53. The first-order valence-electron chi connectivity index (χ1n) is 7.53. The van der Waals surface area contributed by atoms with Crippen molar-refractivity contribution >= 4 is 17.8 Å². The van der Waals surface area contributed by atoms with E-state index in [9.17, 15) is 19.5 Å². The maximum atomic E-state index is 12.0. The lowest BCUT2D eigenvalue weighted by Gasteiger charge is -2.26. The second-order valence-corrected chi connectivity index (χ2v) is 5.73. The summed E-state index contributed by atoms with van der Waals surface area (Å²) in [5.74, 6) is -1.55. The number of alkyl carbamates (subject to hydrolysis) is 1. The van der Waals surface area contributed by atoms with Crippen LogP contribution in [0.15, 0.2) is 48.2 Å². The monoisotopic (exact) mass is 333 g/mol. The summed E-state index contributed by atoms with van der Waals surface area (Å²) in [6.07, 6.45) is 6.58. The van der Waals surface area contributed by atoms with Gasteiger partial charge in [0.1, 0.15) is 6.10 Å². The summed E-state index contributed by atoms with van der Waals surface area (Å²) in [5, 5.41) is 21.6. The molecule has 2 atom stereocenters. The van der Waals surface area contributed by atoms with Gasteiger partial charge < -0.3 is 14.9 Å². The lowest BCUT2D eigenvalue weighted by atomic mass is 9.89. The van der Waals surface area contributed by atoms with Crippen molar-refractivity contribution in [3.8, 4) is 0 Å². The molecule has 0 aromatic heterocycles. The van der Waals surface area contributed by atoms with Gasteiger partial charge in [-0.05, 0) is 49.5 Å². The van der Waals surface area contributed by atoms with E-state index in [4.69, 9.17) is 9.84 Å². The average Bonchev–Trinajstić information content (AvgIpc) is 2.50. The summed E-state index contributed by atoms with van der Waals surface area (Å²) in [5.41, 5.74) is -1.09. The van der Waals surface area contributed by atoms with Crippen molar-refractivity contribution in [3.63, 3.8) is 0 Å². The number of nitrogens with one attached hydrogen (secondary N) is 1. The van der Waals surface area contributed by atoms with E-state index in [1.165, 1.54) is 18.2 Å². The molecule has 24 heavy (non-hydrogen) atoms. The van der Waals surface area contributed by atoms with Crippen LogP contribution in [0.2, 0.25) is 0 Å². The Kier molecular flexibility index (Phi) is 5.35. The van der Waals surface area contributed by atoms with E-state index in [1.807, 2.05) is 0 Å². The molecule has 1 amide bonds. The van der Waals surface area contributed by atoms with Crippen LogP contribution in [0.1, 0.15) is 25.7 Å². The fourth-order valence-corrected chi connectivity index (χ4v) is 2.43.